The highest BCUT2D eigenvalue weighted by atomic mass is 32.2. The van der Waals surface area contributed by atoms with Gasteiger partial charge in [0.2, 0.25) is 15.9 Å². The van der Waals surface area contributed by atoms with Crippen molar-refractivity contribution in [2.24, 2.45) is 0 Å². The van der Waals surface area contributed by atoms with Gasteiger partial charge in [-0.25, -0.2) is 8.42 Å². The quantitative estimate of drug-likeness (QED) is 0.727. The summed E-state index contributed by atoms with van der Waals surface area (Å²) in [6.45, 7) is 7.90. The fourth-order valence-electron chi connectivity index (χ4n) is 3.09. The lowest BCUT2D eigenvalue weighted by molar-refractivity contribution is -0.116. The number of hydrogen-bond donors (Lipinski definition) is 1. The number of aryl methyl sites for hydroxylation is 2. The normalized spacial score (nSPS) is 12.3. The van der Waals surface area contributed by atoms with E-state index >= 15 is 0 Å². The lowest BCUT2D eigenvalue weighted by Gasteiger charge is -2.28. The predicted octanol–water partition coefficient (Wildman–Crippen LogP) is 3.75. The zero-order valence-electron chi connectivity index (χ0n) is 17.0. The summed E-state index contributed by atoms with van der Waals surface area (Å²) in [5, 5.41) is 2.91. The van der Waals surface area contributed by atoms with Crippen molar-refractivity contribution in [2.45, 2.75) is 40.2 Å². The minimum Gasteiger partial charge on any atom is -0.494 e. The molecule has 1 atom stereocenters. The second kappa shape index (κ2) is 9.10. The number of hydrogen-bond acceptors (Lipinski definition) is 4. The molecule has 0 aliphatic rings. The van der Waals surface area contributed by atoms with Gasteiger partial charge in [0.25, 0.3) is 0 Å². The van der Waals surface area contributed by atoms with Crippen molar-refractivity contribution < 1.29 is 17.9 Å². The SMILES string of the molecule is CCOc1ccc(N(C(C)C(=O)Nc2c(C)cccc2CC)S(C)(=O)=O)cc1. The van der Waals surface area contributed by atoms with E-state index in [1.54, 1.807) is 31.2 Å². The van der Waals surface area contributed by atoms with Gasteiger partial charge in [-0.3, -0.25) is 9.10 Å². The molecule has 0 radical (unpaired) electrons. The molecular weight excluding hydrogens is 376 g/mol. The third kappa shape index (κ3) is 5.04. The second-order valence-electron chi connectivity index (χ2n) is 6.61. The maximum Gasteiger partial charge on any atom is 0.248 e. The number of carbonyl (C=O) groups excluding carboxylic acids is 1. The zero-order chi connectivity index (χ0) is 20.9. The van der Waals surface area contributed by atoms with Gasteiger partial charge in [0, 0.05) is 5.69 Å². The minimum atomic E-state index is -3.67. The van der Waals surface area contributed by atoms with Crippen LogP contribution in [-0.2, 0) is 21.2 Å². The number of sulfonamides is 1. The van der Waals surface area contributed by atoms with Gasteiger partial charge in [0.15, 0.2) is 0 Å². The smallest absolute Gasteiger partial charge is 0.248 e. The lowest BCUT2D eigenvalue weighted by Crippen LogP contribution is -2.45. The van der Waals surface area contributed by atoms with Crippen LogP contribution in [0, 0.1) is 6.92 Å². The van der Waals surface area contributed by atoms with Crippen molar-refractivity contribution in [3.63, 3.8) is 0 Å². The molecule has 0 bridgehead atoms. The van der Waals surface area contributed by atoms with Gasteiger partial charge in [-0.2, -0.15) is 0 Å². The molecule has 28 heavy (non-hydrogen) atoms. The summed E-state index contributed by atoms with van der Waals surface area (Å²) in [5.41, 5.74) is 3.09. The topological polar surface area (TPSA) is 75.7 Å². The zero-order valence-corrected chi connectivity index (χ0v) is 17.8. The third-order valence-electron chi connectivity index (χ3n) is 4.48. The van der Waals surface area contributed by atoms with E-state index in [1.807, 2.05) is 39.0 Å². The van der Waals surface area contributed by atoms with Crippen LogP contribution in [0.5, 0.6) is 5.75 Å². The maximum atomic E-state index is 12.9. The van der Waals surface area contributed by atoms with Crippen molar-refractivity contribution in [2.75, 3.05) is 22.5 Å². The summed E-state index contributed by atoms with van der Waals surface area (Å²) >= 11 is 0. The van der Waals surface area contributed by atoms with Gasteiger partial charge in [-0.15, -0.1) is 0 Å². The molecule has 152 valence electrons. The number of rotatable bonds is 8. The van der Waals surface area contributed by atoms with Crippen LogP contribution in [0.25, 0.3) is 0 Å². The molecule has 0 aromatic heterocycles. The van der Waals surface area contributed by atoms with Crippen LogP contribution < -0.4 is 14.4 Å². The largest absolute Gasteiger partial charge is 0.494 e. The Balaban J connectivity index is 2.33. The Kier molecular flexibility index (Phi) is 7.07. The Labute approximate surface area is 167 Å². The average molecular weight is 405 g/mol. The second-order valence-corrected chi connectivity index (χ2v) is 8.47. The van der Waals surface area contributed by atoms with Crippen LogP contribution in [0.3, 0.4) is 0 Å². The molecule has 7 heteroatoms. The van der Waals surface area contributed by atoms with Crippen molar-refractivity contribution >= 4 is 27.3 Å². The Bertz CT molecular complexity index is 924. The summed E-state index contributed by atoms with van der Waals surface area (Å²) in [6, 6.07) is 11.6. The first-order valence-corrected chi connectivity index (χ1v) is 11.2. The van der Waals surface area contributed by atoms with Crippen molar-refractivity contribution in [3.8, 4) is 5.75 Å². The van der Waals surface area contributed by atoms with E-state index in [-0.39, 0.29) is 5.91 Å². The van der Waals surface area contributed by atoms with Gasteiger partial charge in [0.05, 0.1) is 18.6 Å². The monoisotopic (exact) mass is 404 g/mol. The molecule has 1 amide bonds. The van der Waals surface area contributed by atoms with Crippen LogP contribution >= 0.6 is 0 Å². The van der Waals surface area contributed by atoms with Crippen LogP contribution in [0.15, 0.2) is 42.5 Å². The van der Waals surface area contributed by atoms with Gasteiger partial charge in [0.1, 0.15) is 11.8 Å². The molecule has 0 saturated heterocycles. The standard InChI is InChI=1S/C21H28N2O4S/c1-6-17-10-8-9-15(3)20(17)22-21(24)16(4)23(28(5,25)26)18-11-13-19(14-12-18)27-7-2/h8-14,16H,6-7H2,1-5H3,(H,22,24). The highest BCUT2D eigenvalue weighted by Crippen LogP contribution is 2.26. The molecule has 2 rings (SSSR count). The van der Waals surface area contributed by atoms with E-state index in [4.69, 9.17) is 4.74 Å². The number of anilines is 2. The van der Waals surface area contributed by atoms with Crippen molar-refractivity contribution in [1.82, 2.24) is 0 Å². The molecule has 0 aliphatic heterocycles. The number of ether oxygens (including phenoxy) is 1. The van der Waals surface area contributed by atoms with E-state index in [9.17, 15) is 13.2 Å². The van der Waals surface area contributed by atoms with Crippen LogP contribution in [0.1, 0.15) is 31.9 Å². The first-order valence-electron chi connectivity index (χ1n) is 9.30. The van der Waals surface area contributed by atoms with Crippen LogP contribution in [0.2, 0.25) is 0 Å². The fraction of sp³-hybridized carbons (Fsp3) is 0.381. The summed E-state index contributed by atoms with van der Waals surface area (Å²) < 4.78 is 31.4. The van der Waals surface area contributed by atoms with Gasteiger partial charge in [-0.1, -0.05) is 25.1 Å². The average Bonchev–Trinajstić information content (AvgIpc) is 2.64. The van der Waals surface area contributed by atoms with E-state index in [0.717, 1.165) is 33.8 Å². The van der Waals surface area contributed by atoms with Crippen molar-refractivity contribution in [1.29, 1.82) is 0 Å². The number of nitrogens with zero attached hydrogens (tertiary/aromatic N) is 1. The van der Waals surface area contributed by atoms with Gasteiger partial charge in [-0.05, 0) is 62.6 Å². The number of carbonyl (C=O) groups is 1. The molecule has 0 heterocycles. The molecule has 6 nitrogen and oxygen atoms in total. The summed E-state index contributed by atoms with van der Waals surface area (Å²) in [7, 11) is -3.67. The van der Waals surface area contributed by atoms with E-state index in [1.165, 1.54) is 0 Å². The first-order chi connectivity index (χ1) is 13.2. The van der Waals surface area contributed by atoms with Gasteiger partial charge >= 0.3 is 0 Å². The first kappa shape index (κ1) is 21.8. The van der Waals surface area contributed by atoms with Crippen molar-refractivity contribution in [3.05, 3.63) is 53.6 Å². The molecule has 2 aromatic rings. The van der Waals surface area contributed by atoms with E-state index < -0.39 is 16.1 Å². The molecule has 0 fully saturated rings. The molecule has 0 saturated carbocycles. The van der Waals surface area contributed by atoms with Gasteiger partial charge < -0.3 is 10.1 Å². The molecular formula is C21H28N2O4S. The van der Waals surface area contributed by atoms with E-state index in [0.29, 0.717) is 18.0 Å². The molecule has 1 unspecified atom stereocenters. The predicted molar refractivity (Wildman–Crippen MR) is 114 cm³/mol. The molecule has 2 aromatic carbocycles. The minimum absolute atomic E-state index is 0.386. The molecule has 0 spiro atoms. The Morgan fingerprint density at radius 3 is 2.32 bits per heavy atom. The maximum absolute atomic E-state index is 12.9. The number of nitrogens with one attached hydrogen (secondary N) is 1. The summed E-state index contributed by atoms with van der Waals surface area (Å²) in [5.74, 6) is 0.257. The lowest BCUT2D eigenvalue weighted by atomic mass is 10.1. The fourth-order valence-corrected chi connectivity index (χ4v) is 4.27. The molecule has 1 N–H and O–H groups in total. The molecule has 0 aliphatic carbocycles. The third-order valence-corrected chi connectivity index (χ3v) is 5.72. The highest BCUT2D eigenvalue weighted by Gasteiger charge is 2.29. The summed E-state index contributed by atoms with van der Waals surface area (Å²) in [4.78, 5) is 12.9. The number of benzene rings is 2. The van der Waals surface area contributed by atoms with E-state index in [2.05, 4.69) is 5.32 Å². The van der Waals surface area contributed by atoms with Crippen LogP contribution in [0.4, 0.5) is 11.4 Å². The highest BCUT2D eigenvalue weighted by molar-refractivity contribution is 7.92. The van der Waals surface area contributed by atoms with Crippen LogP contribution in [-0.4, -0.2) is 33.2 Å². The Morgan fingerprint density at radius 1 is 1.14 bits per heavy atom. The summed E-state index contributed by atoms with van der Waals surface area (Å²) in [6.07, 6.45) is 1.86. The Hall–Kier alpha value is -2.54. The number of amides is 1. The number of para-hydroxylation sites is 1. The Morgan fingerprint density at radius 2 is 1.79 bits per heavy atom.